The molecule has 0 aliphatic carbocycles. The van der Waals surface area contributed by atoms with Crippen LogP contribution in [0, 0.1) is 0 Å². The van der Waals surface area contributed by atoms with Crippen LogP contribution in [-0.4, -0.2) is 40.4 Å². The third-order valence-corrected chi connectivity index (χ3v) is 5.74. The van der Waals surface area contributed by atoms with Crippen molar-refractivity contribution >= 4 is 17.4 Å². The molecule has 1 aromatic heterocycles. The van der Waals surface area contributed by atoms with E-state index in [1.54, 1.807) is 6.20 Å². The lowest BCUT2D eigenvalue weighted by Gasteiger charge is -2.20. The highest BCUT2D eigenvalue weighted by molar-refractivity contribution is 5.94. The van der Waals surface area contributed by atoms with Crippen molar-refractivity contribution in [2.45, 2.75) is 19.9 Å². The molecule has 0 fully saturated rings. The Morgan fingerprint density at radius 2 is 1.60 bits per heavy atom. The highest BCUT2D eigenvalue weighted by Crippen LogP contribution is 2.19. The second-order valence-corrected chi connectivity index (χ2v) is 8.30. The summed E-state index contributed by atoms with van der Waals surface area (Å²) in [6.45, 7) is 5.67. The molecule has 4 aromatic rings. The minimum Gasteiger partial charge on any atom is -0.352 e. The number of nitrogens with zero attached hydrogens (tertiary/aromatic N) is 3. The molecule has 1 heterocycles. The zero-order valence-corrected chi connectivity index (χ0v) is 20.0. The zero-order valence-electron chi connectivity index (χ0n) is 20.0. The molecule has 0 radical (unpaired) electrons. The van der Waals surface area contributed by atoms with Crippen LogP contribution in [-0.2, 0) is 6.54 Å². The number of rotatable bonds is 11. The monoisotopic (exact) mass is 465 g/mol. The van der Waals surface area contributed by atoms with Crippen LogP contribution in [0.25, 0.3) is 11.4 Å². The van der Waals surface area contributed by atoms with Gasteiger partial charge in [0.15, 0.2) is 5.82 Å². The lowest BCUT2D eigenvalue weighted by molar-refractivity contribution is 0.0951. The van der Waals surface area contributed by atoms with E-state index < -0.39 is 0 Å². The van der Waals surface area contributed by atoms with Crippen molar-refractivity contribution in [2.75, 3.05) is 25.0 Å². The quantitative estimate of drug-likeness (QED) is 0.285. The molecule has 0 aliphatic heterocycles. The van der Waals surface area contributed by atoms with Gasteiger partial charge in [0.2, 0.25) is 0 Å². The molecule has 3 aromatic carbocycles. The number of amides is 1. The Bertz CT molecular complexity index is 1200. The molecule has 6 heteroatoms. The van der Waals surface area contributed by atoms with E-state index in [1.165, 1.54) is 5.56 Å². The summed E-state index contributed by atoms with van der Waals surface area (Å²) in [4.78, 5) is 23.9. The van der Waals surface area contributed by atoms with Gasteiger partial charge in [0.1, 0.15) is 5.82 Å². The van der Waals surface area contributed by atoms with Crippen LogP contribution in [0.2, 0.25) is 0 Å². The van der Waals surface area contributed by atoms with Crippen molar-refractivity contribution in [2.24, 2.45) is 0 Å². The van der Waals surface area contributed by atoms with Crippen molar-refractivity contribution in [3.05, 3.63) is 108 Å². The first-order chi connectivity index (χ1) is 17.2. The highest BCUT2D eigenvalue weighted by atomic mass is 16.1. The van der Waals surface area contributed by atoms with Crippen LogP contribution >= 0.6 is 0 Å². The second-order valence-electron chi connectivity index (χ2n) is 8.30. The van der Waals surface area contributed by atoms with Gasteiger partial charge in [-0.15, -0.1) is 0 Å². The molecule has 0 aliphatic rings. The topological polar surface area (TPSA) is 70.2 Å². The lowest BCUT2D eigenvalue weighted by Crippen LogP contribution is -2.29. The molecular formula is C29H31N5O. The van der Waals surface area contributed by atoms with Crippen LogP contribution in [0.5, 0.6) is 0 Å². The summed E-state index contributed by atoms with van der Waals surface area (Å²) in [5.74, 6) is 1.31. The summed E-state index contributed by atoms with van der Waals surface area (Å²) >= 11 is 0. The number of aromatic nitrogens is 2. The van der Waals surface area contributed by atoms with E-state index in [-0.39, 0.29) is 5.91 Å². The molecule has 0 spiro atoms. The fourth-order valence-corrected chi connectivity index (χ4v) is 3.80. The summed E-state index contributed by atoms with van der Waals surface area (Å²) in [7, 11) is 0. The number of carbonyl (C=O) groups is 1. The second kappa shape index (κ2) is 12.4. The minimum absolute atomic E-state index is 0.0592. The van der Waals surface area contributed by atoms with Gasteiger partial charge in [-0.2, -0.15) is 0 Å². The van der Waals surface area contributed by atoms with Crippen molar-refractivity contribution in [3.63, 3.8) is 0 Å². The van der Waals surface area contributed by atoms with Crippen molar-refractivity contribution in [3.8, 4) is 11.4 Å². The molecule has 0 saturated carbocycles. The zero-order chi connectivity index (χ0) is 24.3. The van der Waals surface area contributed by atoms with Gasteiger partial charge in [0.25, 0.3) is 5.91 Å². The van der Waals surface area contributed by atoms with E-state index in [0.29, 0.717) is 23.8 Å². The third kappa shape index (κ3) is 7.22. The van der Waals surface area contributed by atoms with Crippen molar-refractivity contribution in [1.82, 2.24) is 20.2 Å². The van der Waals surface area contributed by atoms with Gasteiger partial charge in [0.05, 0.1) is 0 Å². The molecule has 0 unspecified atom stereocenters. The fraction of sp³-hybridized carbons (Fsp3) is 0.207. The van der Waals surface area contributed by atoms with Crippen LogP contribution in [0.4, 0.5) is 11.5 Å². The Morgan fingerprint density at radius 3 is 2.31 bits per heavy atom. The Hall–Kier alpha value is -4.03. The molecule has 2 N–H and O–H groups in total. The first kappa shape index (κ1) is 24.1. The Kier molecular flexibility index (Phi) is 8.57. The van der Waals surface area contributed by atoms with E-state index in [4.69, 9.17) is 0 Å². The summed E-state index contributed by atoms with van der Waals surface area (Å²) in [6, 6.07) is 29.6. The minimum atomic E-state index is -0.0592. The summed E-state index contributed by atoms with van der Waals surface area (Å²) < 4.78 is 0. The first-order valence-corrected chi connectivity index (χ1v) is 12.0. The molecule has 35 heavy (non-hydrogen) atoms. The average Bonchev–Trinajstić information content (AvgIpc) is 2.92. The van der Waals surface area contributed by atoms with Gasteiger partial charge in [-0.05, 0) is 48.9 Å². The first-order valence-electron chi connectivity index (χ1n) is 12.0. The molecular weight excluding hydrogens is 434 g/mol. The third-order valence-electron chi connectivity index (χ3n) is 5.74. The smallest absolute Gasteiger partial charge is 0.251 e. The molecule has 0 bridgehead atoms. The largest absolute Gasteiger partial charge is 0.352 e. The number of benzene rings is 3. The summed E-state index contributed by atoms with van der Waals surface area (Å²) in [5, 5.41) is 6.31. The molecule has 6 nitrogen and oxygen atoms in total. The average molecular weight is 466 g/mol. The van der Waals surface area contributed by atoms with Crippen LogP contribution < -0.4 is 10.6 Å². The molecule has 0 saturated heterocycles. The number of carbonyl (C=O) groups excluding carboxylic acids is 1. The summed E-state index contributed by atoms with van der Waals surface area (Å²) in [5.41, 5.74) is 3.77. The highest BCUT2D eigenvalue weighted by Gasteiger charge is 2.08. The maximum atomic E-state index is 12.6. The van der Waals surface area contributed by atoms with Gasteiger partial charge in [-0.1, -0.05) is 67.6 Å². The molecule has 4 rings (SSSR count). The number of hydrogen-bond acceptors (Lipinski definition) is 5. The fourth-order valence-electron chi connectivity index (χ4n) is 3.80. The molecule has 178 valence electrons. The standard InChI is InChI=1S/C29H31N5O/c1-2-34(22-23-10-5-3-6-11-23)21-9-19-31-29(35)25-14-16-26(17-15-25)32-27-18-20-30-28(33-27)24-12-7-4-8-13-24/h3-8,10-18,20H,2,9,19,21-22H2,1H3,(H,31,35)(H,30,32,33). The summed E-state index contributed by atoms with van der Waals surface area (Å²) in [6.07, 6.45) is 2.64. The maximum absolute atomic E-state index is 12.6. The lowest BCUT2D eigenvalue weighted by atomic mass is 10.2. The van der Waals surface area contributed by atoms with E-state index in [0.717, 1.165) is 37.3 Å². The van der Waals surface area contributed by atoms with Gasteiger partial charge in [-0.3, -0.25) is 9.69 Å². The van der Waals surface area contributed by atoms with E-state index in [1.807, 2.05) is 66.7 Å². The normalized spacial score (nSPS) is 10.8. The van der Waals surface area contributed by atoms with Crippen molar-refractivity contribution in [1.29, 1.82) is 0 Å². The number of nitrogens with one attached hydrogen (secondary N) is 2. The van der Waals surface area contributed by atoms with Crippen LogP contribution in [0.15, 0.2) is 97.2 Å². The Morgan fingerprint density at radius 1 is 0.886 bits per heavy atom. The van der Waals surface area contributed by atoms with E-state index in [9.17, 15) is 4.79 Å². The SMILES string of the molecule is CCN(CCCNC(=O)c1ccc(Nc2ccnc(-c3ccccc3)n2)cc1)Cc1ccccc1. The molecule has 0 atom stereocenters. The maximum Gasteiger partial charge on any atom is 0.251 e. The van der Waals surface area contributed by atoms with Gasteiger partial charge in [0, 0.05) is 42.6 Å². The van der Waals surface area contributed by atoms with Gasteiger partial charge in [-0.25, -0.2) is 9.97 Å². The predicted octanol–water partition coefficient (Wildman–Crippen LogP) is 5.53. The predicted molar refractivity (Wildman–Crippen MR) is 142 cm³/mol. The van der Waals surface area contributed by atoms with Crippen LogP contribution in [0.3, 0.4) is 0 Å². The number of hydrogen-bond donors (Lipinski definition) is 2. The van der Waals surface area contributed by atoms with Gasteiger partial charge < -0.3 is 10.6 Å². The van der Waals surface area contributed by atoms with Crippen LogP contribution in [0.1, 0.15) is 29.3 Å². The van der Waals surface area contributed by atoms with Gasteiger partial charge >= 0.3 is 0 Å². The molecule has 1 amide bonds. The Labute approximate surface area is 207 Å². The van der Waals surface area contributed by atoms with Crippen molar-refractivity contribution < 1.29 is 4.79 Å². The Balaban J connectivity index is 1.24. The number of anilines is 2. The van der Waals surface area contributed by atoms with E-state index >= 15 is 0 Å². The van der Waals surface area contributed by atoms with E-state index in [2.05, 4.69) is 56.7 Å².